The van der Waals surface area contributed by atoms with Crippen LogP contribution in [0.2, 0.25) is 0 Å². The number of likely N-dealkylation sites (N-methyl/N-ethyl adjacent to an activating group) is 1. The highest BCUT2D eigenvalue weighted by Crippen LogP contribution is 2.24. The summed E-state index contributed by atoms with van der Waals surface area (Å²) < 4.78 is 1.99. The Morgan fingerprint density at radius 2 is 2.44 bits per heavy atom. The van der Waals surface area contributed by atoms with Gasteiger partial charge in [0.1, 0.15) is 0 Å². The molecule has 0 unspecified atom stereocenters. The van der Waals surface area contributed by atoms with Crippen LogP contribution in [0.4, 0.5) is 0 Å². The number of imidazole rings is 1. The van der Waals surface area contributed by atoms with Crippen LogP contribution in [0.3, 0.4) is 0 Å². The maximum absolute atomic E-state index is 11.6. The third-order valence-electron chi connectivity index (χ3n) is 2.87. The van der Waals surface area contributed by atoms with Crippen molar-refractivity contribution >= 4 is 5.91 Å². The van der Waals surface area contributed by atoms with Crippen molar-refractivity contribution in [1.29, 1.82) is 0 Å². The van der Waals surface area contributed by atoms with E-state index in [-0.39, 0.29) is 5.91 Å². The van der Waals surface area contributed by atoms with E-state index in [9.17, 15) is 4.79 Å². The Morgan fingerprint density at radius 1 is 1.62 bits per heavy atom. The zero-order chi connectivity index (χ0) is 11.4. The standard InChI is InChI=1S/C11H18N4O/c1-14(10-2-3-10)11(16)8-12-4-6-15-7-5-13-9-15/h5,7,9-10,12H,2-4,6,8H2,1H3. The minimum absolute atomic E-state index is 0.188. The summed E-state index contributed by atoms with van der Waals surface area (Å²) in [6.07, 6.45) is 7.78. The number of amides is 1. The first-order chi connectivity index (χ1) is 7.77. The lowest BCUT2D eigenvalue weighted by atomic mass is 10.4. The molecular formula is C11H18N4O. The van der Waals surface area contributed by atoms with Gasteiger partial charge in [-0.25, -0.2) is 4.98 Å². The summed E-state index contributed by atoms with van der Waals surface area (Å²) in [7, 11) is 1.89. The van der Waals surface area contributed by atoms with E-state index >= 15 is 0 Å². The van der Waals surface area contributed by atoms with E-state index in [1.54, 1.807) is 12.5 Å². The average molecular weight is 222 g/mol. The highest BCUT2D eigenvalue weighted by molar-refractivity contribution is 5.78. The van der Waals surface area contributed by atoms with E-state index in [4.69, 9.17) is 0 Å². The van der Waals surface area contributed by atoms with Crippen molar-refractivity contribution in [3.8, 4) is 0 Å². The molecule has 1 fully saturated rings. The van der Waals surface area contributed by atoms with Crippen LogP contribution in [-0.4, -0.2) is 46.5 Å². The van der Waals surface area contributed by atoms with Gasteiger partial charge < -0.3 is 14.8 Å². The monoisotopic (exact) mass is 222 g/mol. The number of nitrogens with one attached hydrogen (secondary N) is 1. The molecule has 1 saturated carbocycles. The third kappa shape index (κ3) is 3.06. The van der Waals surface area contributed by atoms with E-state index in [1.807, 2.05) is 22.7 Å². The molecule has 0 saturated heterocycles. The first-order valence-corrected chi connectivity index (χ1v) is 5.69. The Morgan fingerprint density at radius 3 is 3.06 bits per heavy atom. The van der Waals surface area contributed by atoms with Gasteiger partial charge in [0, 0.05) is 38.6 Å². The van der Waals surface area contributed by atoms with Crippen LogP contribution in [0.15, 0.2) is 18.7 Å². The lowest BCUT2D eigenvalue weighted by Gasteiger charge is -2.16. The van der Waals surface area contributed by atoms with Gasteiger partial charge in [0.25, 0.3) is 0 Å². The second-order valence-corrected chi connectivity index (χ2v) is 4.21. The normalized spacial score (nSPS) is 15.1. The maximum atomic E-state index is 11.6. The van der Waals surface area contributed by atoms with E-state index in [1.165, 1.54) is 0 Å². The maximum Gasteiger partial charge on any atom is 0.236 e. The van der Waals surface area contributed by atoms with Crippen molar-refractivity contribution < 1.29 is 4.79 Å². The number of aromatic nitrogens is 2. The van der Waals surface area contributed by atoms with Crippen LogP contribution in [0.25, 0.3) is 0 Å². The van der Waals surface area contributed by atoms with Gasteiger partial charge in [-0.15, -0.1) is 0 Å². The lowest BCUT2D eigenvalue weighted by molar-refractivity contribution is -0.129. The minimum Gasteiger partial charge on any atom is -0.342 e. The van der Waals surface area contributed by atoms with Gasteiger partial charge in [-0.1, -0.05) is 0 Å². The molecular weight excluding hydrogens is 204 g/mol. The SMILES string of the molecule is CN(C(=O)CNCCn1ccnc1)C1CC1. The summed E-state index contributed by atoms with van der Waals surface area (Å²) >= 11 is 0. The zero-order valence-corrected chi connectivity index (χ0v) is 9.59. The van der Waals surface area contributed by atoms with Crippen molar-refractivity contribution in [3.05, 3.63) is 18.7 Å². The fourth-order valence-electron chi connectivity index (χ4n) is 1.61. The topological polar surface area (TPSA) is 50.2 Å². The number of nitrogens with zero attached hydrogens (tertiary/aromatic N) is 3. The first kappa shape index (κ1) is 11.1. The molecule has 16 heavy (non-hydrogen) atoms. The average Bonchev–Trinajstić information content (AvgIpc) is 3.01. The molecule has 0 aliphatic heterocycles. The Labute approximate surface area is 95.5 Å². The van der Waals surface area contributed by atoms with Crippen LogP contribution in [0.5, 0.6) is 0 Å². The highest BCUT2D eigenvalue weighted by atomic mass is 16.2. The van der Waals surface area contributed by atoms with Crippen LogP contribution >= 0.6 is 0 Å². The van der Waals surface area contributed by atoms with Crippen molar-refractivity contribution in [3.63, 3.8) is 0 Å². The molecule has 1 aliphatic carbocycles. The number of hydrogen-bond donors (Lipinski definition) is 1. The Hall–Kier alpha value is -1.36. The molecule has 1 aromatic heterocycles. The molecule has 0 bridgehead atoms. The number of rotatable bonds is 6. The third-order valence-corrected chi connectivity index (χ3v) is 2.87. The Kier molecular flexibility index (Phi) is 3.56. The van der Waals surface area contributed by atoms with E-state index in [2.05, 4.69) is 10.3 Å². The molecule has 1 heterocycles. The van der Waals surface area contributed by atoms with Crippen molar-refractivity contribution in [2.45, 2.75) is 25.4 Å². The summed E-state index contributed by atoms with van der Waals surface area (Å²) in [5.74, 6) is 0.188. The van der Waals surface area contributed by atoms with Crippen molar-refractivity contribution in [2.75, 3.05) is 20.1 Å². The van der Waals surface area contributed by atoms with Crippen LogP contribution < -0.4 is 5.32 Å². The Balaban J connectivity index is 1.58. The fourth-order valence-corrected chi connectivity index (χ4v) is 1.61. The van der Waals surface area contributed by atoms with Gasteiger partial charge in [-0.05, 0) is 12.8 Å². The van der Waals surface area contributed by atoms with Crippen LogP contribution in [-0.2, 0) is 11.3 Å². The fraction of sp³-hybridized carbons (Fsp3) is 0.636. The molecule has 5 nitrogen and oxygen atoms in total. The van der Waals surface area contributed by atoms with Crippen LogP contribution in [0.1, 0.15) is 12.8 Å². The molecule has 0 radical (unpaired) electrons. The first-order valence-electron chi connectivity index (χ1n) is 5.69. The molecule has 0 spiro atoms. The molecule has 1 aliphatic rings. The molecule has 0 atom stereocenters. The molecule has 1 N–H and O–H groups in total. The van der Waals surface area contributed by atoms with Gasteiger partial charge in [0.05, 0.1) is 12.9 Å². The number of carbonyl (C=O) groups is 1. The predicted molar refractivity (Wildman–Crippen MR) is 60.9 cm³/mol. The van der Waals surface area contributed by atoms with Gasteiger partial charge in [0.15, 0.2) is 0 Å². The highest BCUT2D eigenvalue weighted by Gasteiger charge is 2.28. The molecule has 5 heteroatoms. The smallest absolute Gasteiger partial charge is 0.236 e. The minimum atomic E-state index is 0.188. The molecule has 2 rings (SSSR count). The van der Waals surface area contributed by atoms with E-state index in [0.717, 1.165) is 25.9 Å². The van der Waals surface area contributed by atoms with E-state index < -0.39 is 0 Å². The van der Waals surface area contributed by atoms with Gasteiger partial charge >= 0.3 is 0 Å². The number of hydrogen-bond acceptors (Lipinski definition) is 3. The quantitative estimate of drug-likeness (QED) is 0.694. The van der Waals surface area contributed by atoms with Gasteiger partial charge in [0.2, 0.25) is 5.91 Å². The van der Waals surface area contributed by atoms with Gasteiger partial charge in [-0.2, -0.15) is 0 Å². The predicted octanol–water partition coefficient (Wildman–Crippen LogP) is 0.0935. The Bertz CT molecular complexity index is 332. The second kappa shape index (κ2) is 5.12. The molecule has 1 amide bonds. The largest absolute Gasteiger partial charge is 0.342 e. The number of carbonyl (C=O) groups excluding carboxylic acids is 1. The van der Waals surface area contributed by atoms with Crippen LogP contribution in [0, 0.1) is 0 Å². The second-order valence-electron chi connectivity index (χ2n) is 4.21. The summed E-state index contributed by atoms with van der Waals surface area (Å²) in [5.41, 5.74) is 0. The molecule has 1 aromatic rings. The molecule has 0 aromatic carbocycles. The van der Waals surface area contributed by atoms with Gasteiger partial charge in [-0.3, -0.25) is 4.79 Å². The summed E-state index contributed by atoms with van der Waals surface area (Å²) in [5, 5.41) is 3.15. The lowest BCUT2D eigenvalue weighted by Crippen LogP contribution is -2.37. The molecule has 88 valence electrons. The van der Waals surface area contributed by atoms with E-state index in [0.29, 0.717) is 12.6 Å². The zero-order valence-electron chi connectivity index (χ0n) is 9.59. The summed E-state index contributed by atoms with van der Waals surface area (Å²) in [4.78, 5) is 17.4. The van der Waals surface area contributed by atoms with Crippen molar-refractivity contribution in [2.24, 2.45) is 0 Å². The summed E-state index contributed by atoms with van der Waals surface area (Å²) in [6, 6.07) is 0.503. The van der Waals surface area contributed by atoms with Crippen molar-refractivity contribution in [1.82, 2.24) is 19.8 Å². The summed E-state index contributed by atoms with van der Waals surface area (Å²) in [6.45, 7) is 2.07.